The Bertz CT molecular complexity index is 922. The van der Waals surface area contributed by atoms with E-state index in [-0.39, 0.29) is 28.6 Å². The van der Waals surface area contributed by atoms with Crippen molar-refractivity contribution in [2.45, 2.75) is 36.7 Å². The first-order valence-electron chi connectivity index (χ1n) is 8.78. The summed E-state index contributed by atoms with van der Waals surface area (Å²) in [6.45, 7) is 2.04. The largest absolute Gasteiger partial charge is 0.317 e. The third-order valence-corrected chi connectivity index (χ3v) is 8.16. The summed E-state index contributed by atoms with van der Waals surface area (Å²) in [5.41, 5.74) is -0.0854. The number of hydrogen-bond donors (Lipinski definition) is 1. The Morgan fingerprint density at radius 1 is 1.30 bits per heavy atom. The molecule has 4 rings (SSSR count). The second-order valence-corrected chi connectivity index (χ2v) is 9.93. The van der Waals surface area contributed by atoms with Crippen molar-refractivity contribution >= 4 is 27.0 Å². The number of nitrogens with one attached hydrogen (secondary N) is 1. The standard InChI is InChI=1S/C17H20N4O4S2/c22-21(23)13-1-3-14(4-2-13)27(24,25)20(12-16-19-9-10-26-16)15-11-17(15)5-7-18-8-6-17/h1-4,9-10,15,18H,5-8,11-12H2. The van der Waals surface area contributed by atoms with E-state index in [0.717, 1.165) is 37.4 Å². The maximum atomic E-state index is 13.4. The Hall–Kier alpha value is -1.88. The summed E-state index contributed by atoms with van der Waals surface area (Å²) < 4.78 is 28.3. The van der Waals surface area contributed by atoms with E-state index in [2.05, 4.69) is 10.3 Å². The van der Waals surface area contributed by atoms with Crippen molar-refractivity contribution in [1.82, 2.24) is 14.6 Å². The molecule has 2 heterocycles. The van der Waals surface area contributed by atoms with Gasteiger partial charge >= 0.3 is 0 Å². The lowest BCUT2D eigenvalue weighted by atomic mass is 9.94. The summed E-state index contributed by atoms with van der Waals surface area (Å²) in [4.78, 5) is 14.7. The highest BCUT2D eigenvalue weighted by Gasteiger charge is 2.59. The van der Waals surface area contributed by atoms with Gasteiger partial charge in [0.15, 0.2) is 0 Å². The minimum absolute atomic E-state index is 0.0381. The molecule has 0 amide bonds. The molecule has 8 nitrogen and oxygen atoms in total. The lowest BCUT2D eigenvalue weighted by molar-refractivity contribution is -0.384. The van der Waals surface area contributed by atoms with E-state index in [1.54, 1.807) is 10.5 Å². The zero-order valence-electron chi connectivity index (χ0n) is 14.6. The molecule has 0 bridgehead atoms. The first kappa shape index (κ1) is 18.5. The molecule has 10 heteroatoms. The first-order valence-corrected chi connectivity index (χ1v) is 11.1. The van der Waals surface area contributed by atoms with Gasteiger partial charge in [-0.25, -0.2) is 13.4 Å². The molecule has 1 atom stereocenters. The predicted molar refractivity (Wildman–Crippen MR) is 101 cm³/mol. The zero-order valence-corrected chi connectivity index (χ0v) is 16.2. The quantitative estimate of drug-likeness (QED) is 0.581. The summed E-state index contributed by atoms with van der Waals surface area (Å²) in [5.74, 6) is 0. The van der Waals surface area contributed by atoms with Crippen LogP contribution in [-0.4, -0.2) is 41.8 Å². The van der Waals surface area contributed by atoms with Crippen LogP contribution in [0.25, 0.3) is 0 Å². The van der Waals surface area contributed by atoms with Crippen LogP contribution in [-0.2, 0) is 16.6 Å². The molecule has 144 valence electrons. The highest BCUT2D eigenvalue weighted by Crippen LogP contribution is 2.57. The second-order valence-electron chi connectivity index (χ2n) is 7.06. The number of benzene rings is 1. The smallest absolute Gasteiger partial charge is 0.269 e. The summed E-state index contributed by atoms with van der Waals surface area (Å²) >= 11 is 1.43. The number of hydrogen-bond acceptors (Lipinski definition) is 7. The number of nitrogens with zero attached hydrogens (tertiary/aromatic N) is 3. The minimum atomic E-state index is -3.77. The number of non-ortho nitro benzene ring substituents is 1. The fourth-order valence-corrected chi connectivity index (χ4v) is 6.27. The van der Waals surface area contributed by atoms with Crippen molar-refractivity contribution in [3.63, 3.8) is 0 Å². The van der Waals surface area contributed by atoms with E-state index in [1.807, 2.05) is 5.38 Å². The maximum absolute atomic E-state index is 13.4. The van der Waals surface area contributed by atoms with Gasteiger partial charge in [-0.05, 0) is 49.9 Å². The Kier molecular flexibility index (Phi) is 4.75. The Balaban J connectivity index is 1.66. The highest BCUT2D eigenvalue weighted by atomic mass is 32.2. The molecular formula is C17H20N4O4S2. The fraction of sp³-hybridized carbons (Fsp3) is 0.471. The van der Waals surface area contributed by atoms with Gasteiger partial charge in [0, 0.05) is 29.8 Å². The normalized spacial score (nSPS) is 21.4. The van der Waals surface area contributed by atoms with E-state index in [1.165, 1.54) is 35.6 Å². The van der Waals surface area contributed by atoms with E-state index in [4.69, 9.17) is 0 Å². The highest BCUT2D eigenvalue weighted by molar-refractivity contribution is 7.89. The van der Waals surface area contributed by atoms with Crippen LogP contribution >= 0.6 is 11.3 Å². The molecule has 1 saturated heterocycles. The van der Waals surface area contributed by atoms with Gasteiger partial charge in [-0.15, -0.1) is 11.3 Å². The molecule has 1 aromatic carbocycles. The van der Waals surface area contributed by atoms with Crippen LogP contribution in [0.1, 0.15) is 24.3 Å². The molecule has 1 aliphatic carbocycles. The topological polar surface area (TPSA) is 105 Å². The Morgan fingerprint density at radius 2 is 2.00 bits per heavy atom. The van der Waals surface area contributed by atoms with Crippen LogP contribution < -0.4 is 5.32 Å². The molecule has 1 aromatic heterocycles. The van der Waals surface area contributed by atoms with Crippen LogP contribution in [0.4, 0.5) is 5.69 Å². The van der Waals surface area contributed by atoms with E-state index in [9.17, 15) is 18.5 Å². The Morgan fingerprint density at radius 3 is 2.59 bits per heavy atom. The average molecular weight is 409 g/mol. The molecule has 2 fully saturated rings. The number of aromatic nitrogens is 1. The lowest BCUT2D eigenvalue weighted by Gasteiger charge is -2.28. The van der Waals surface area contributed by atoms with E-state index in [0.29, 0.717) is 0 Å². The molecule has 2 aromatic rings. The van der Waals surface area contributed by atoms with Crippen molar-refractivity contribution in [3.05, 3.63) is 51.0 Å². The molecule has 1 spiro atoms. The van der Waals surface area contributed by atoms with E-state index >= 15 is 0 Å². The molecular weight excluding hydrogens is 388 g/mol. The monoisotopic (exact) mass is 408 g/mol. The van der Waals surface area contributed by atoms with Crippen molar-refractivity contribution in [1.29, 1.82) is 0 Å². The van der Waals surface area contributed by atoms with Crippen LogP contribution in [0.3, 0.4) is 0 Å². The van der Waals surface area contributed by atoms with Gasteiger partial charge in [-0.3, -0.25) is 10.1 Å². The fourth-order valence-electron chi connectivity index (χ4n) is 3.90. The van der Waals surface area contributed by atoms with Gasteiger partial charge in [-0.2, -0.15) is 4.31 Å². The van der Waals surface area contributed by atoms with Gasteiger partial charge in [-0.1, -0.05) is 0 Å². The van der Waals surface area contributed by atoms with Crippen LogP contribution in [0, 0.1) is 15.5 Å². The van der Waals surface area contributed by atoms with Gasteiger partial charge in [0.05, 0.1) is 16.4 Å². The minimum Gasteiger partial charge on any atom is -0.317 e. The summed E-state index contributed by atoms with van der Waals surface area (Å²) in [5, 5.41) is 16.8. The third-order valence-electron chi connectivity index (χ3n) is 5.52. The SMILES string of the molecule is O=[N+]([O-])c1ccc(S(=O)(=O)N(Cc2nccs2)C2CC23CCNCC3)cc1. The molecule has 1 saturated carbocycles. The number of thiazole rings is 1. The summed E-state index contributed by atoms with van der Waals surface area (Å²) in [6.07, 6.45) is 4.44. The zero-order chi connectivity index (χ0) is 19.1. The number of nitro groups is 1. The molecule has 1 N–H and O–H groups in total. The van der Waals surface area contributed by atoms with Gasteiger partial charge < -0.3 is 5.32 Å². The van der Waals surface area contributed by atoms with Crippen LogP contribution in [0.5, 0.6) is 0 Å². The summed E-state index contributed by atoms with van der Waals surface area (Å²) in [6, 6.07) is 5.06. The first-order chi connectivity index (χ1) is 12.9. The Labute approximate surface area is 161 Å². The van der Waals surface area contributed by atoms with Gasteiger partial charge in [0.2, 0.25) is 10.0 Å². The van der Waals surface area contributed by atoms with Crippen molar-refractivity contribution in [3.8, 4) is 0 Å². The van der Waals surface area contributed by atoms with Crippen molar-refractivity contribution in [2.24, 2.45) is 5.41 Å². The molecule has 2 aliphatic rings. The number of sulfonamides is 1. The summed E-state index contributed by atoms with van der Waals surface area (Å²) in [7, 11) is -3.77. The van der Waals surface area contributed by atoms with Gasteiger partial charge in [0.25, 0.3) is 5.69 Å². The van der Waals surface area contributed by atoms with Crippen LogP contribution in [0.2, 0.25) is 0 Å². The molecule has 0 radical (unpaired) electrons. The second kappa shape index (κ2) is 6.93. The van der Waals surface area contributed by atoms with Gasteiger partial charge in [0.1, 0.15) is 5.01 Å². The molecule has 27 heavy (non-hydrogen) atoms. The van der Waals surface area contributed by atoms with Crippen LogP contribution in [0.15, 0.2) is 40.7 Å². The third kappa shape index (κ3) is 3.49. The number of nitro benzene ring substituents is 1. The predicted octanol–water partition coefficient (Wildman–Crippen LogP) is 2.38. The number of rotatable bonds is 6. The average Bonchev–Trinajstić information content (AvgIpc) is 3.08. The van der Waals surface area contributed by atoms with Crippen molar-refractivity contribution < 1.29 is 13.3 Å². The number of piperidine rings is 1. The molecule has 1 aliphatic heterocycles. The maximum Gasteiger partial charge on any atom is 0.269 e. The van der Waals surface area contributed by atoms with Crippen molar-refractivity contribution in [2.75, 3.05) is 13.1 Å². The molecule has 1 unspecified atom stereocenters. The van der Waals surface area contributed by atoms with E-state index < -0.39 is 14.9 Å². The lowest BCUT2D eigenvalue weighted by Crippen LogP contribution is -2.39.